The van der Waals surface area contributed by atoms with Crippen LogP contribution >= 0.6 is 0 Å². The molecule has 0 bridgehead atoms. The van der Waals surface area contributed by atoms with Gasteiger partial charge in [0.1, 0.15) is 0 Å². The zero-order chi connectivity index (χ0) is 12.1. The van der Waals surface area contributed by atoms with E-state index in [0.29, 0.717) is 12.0 Å². The largest absolute Gasteiger partial charge is 0.351 e. The van der Waals surface area contributed by atoms with Gasteiger partial charge in [-0.15, -0.1) is 0 Å². The fourth-order valence-electron chi connectivity index (χ4n) is 1.16. The number of nitrogens with two attached hydrogens (primary N) is 1. The molecule has 0 aliphatic heterocycles. The highest BCUT2D eigenvalue weighted by Gasteiger charge is 2.10. The van der Waals surface area contributed by atoms with E-state index < -0.39 is 17.7 Å². The smallest absolute Gasteiger partial charge is 0.237 e. The van der Waals surface area contributed by atoms with E-state index in [1.54, 1.807) is 6.92 Å². The van der Waals surface area contributed by atoms with Crippen LogP contribution in [0.5, 0.6) is 0 Å². The minimum atomic E-state index is -0.925. The maximum Gasteiger partial charge on any atom is 0.237 e. The lowest BCUT2D eigenvalue weighted by Gasteiger charge is -2.10. The highest BCUT2D eigenvalue weighted by molar-refractivity contribution is 5.81. The van der Waals surface area contributed by atoms with Crippen LogP contribution < -0.4 is 11.1 Å². The fourth-order valence-corrected chi connectivity index (χ4v) is 1.16. The molecule has 0 radical (unpaired) electrons. The van der Waals surface area contributed by atoms with Gasteiger partial charge in [-0.25, -0.2) is 8.78 Å². The number of nitrogens with one attached hydrogen (secondary N) is 1. The summed E-state index contributed by atoms with van der Waals surface area (Å²) in [5.41, 5.74) is 5.98. The molecule has 0 aromatic heterocycles. The van der Waals surface area contributed by atoms with Gasteiger partial charge in [-0.3, -0.25) is 4.79 Å². The maximum atomic E-state index is 12.8. The van der Waals surface area contributed by atoms with Gasteiger partial charge in [0, 0.05) is 6.54 Å². The zero-order valence-electron chi connectivity index (χ0n) is 8.97. The van der Waals surface area contributed by atoms with Gasteiger partial charge in [0.05, 0.1) is 6.04 Å². The molecule has 0 saturated carbocycles. The summed E-state index contributed by atoms with van der Waals surface area (Å²) in [4.78, 5) is 11.3. The van der Waals surface area contributed by atoms with Crippen LogP contribution in [0.1, 0.15) is 18.9 Å². The van der Waals surface area contributed by atoms with Crippen LogP contribution in [0.3, 0.4) is 0 Å². The van der Waals surface area contributed by atoms with Crippen molar-refractivity contribution in [3.63, 3.8) is 0 Å². The first kappa shape index (κ1) is 12.6. The zero-order valence-corrected chi connectivity index (χ0v) is 8.97. The van der Waals surface area contributed by atoms with Gasteiger partial charge in [0.25, 0.3) is 0 Å². The van der Waals surface area contributed by atoms with Crippen molar-refractivity contribution in [3.05, 3.63) is 35.4 Å². The number of halogens is 2. The molecular formula is C11H14F2N2O. The number of rotatable bonds is 4. The molecule has 1 aromatic carbocycles. The average molecular weight is 228 g/mol. The van der Waals surface area contributed by atoms with Crippen molar-refractivity contribution in [2.24, 2.45) is 5.73 Å². The lowest BCUT2D eigenvalue weighted by Crippen LogP contribution is -2.39. The van der Waals surface area contributed by atoms with Crippen molar-refractivity contribution >= 4 is 5.91 Å². The van der Waals surface area contributed by atoms with Gasteiger partial charge in [-0.1, -0.05) is 13.0 Å². The van der Waals surface area contributed by atoms with Gasteiger partial charge in [-0.05, 0) is 24.1 Å². The summed E-state index contributed by atoms with van der Waals surface area (Å²) in [5.74, 6) is -2.13. The highest BCUT2D eigenvalue weighted by atomic mass is 19.2. The molecule has 0 aliphatic rings. The molecule has 1 amide bonds. The summed E-state index contributed by atoms with van der Waals surface area (Å²) in [5, 5.41) is 2.54. The maximum absolute atomic E-state index is 12.8. The summed E-state index contributed by atoms with van der Waals surface area (Å²) in [6, 6.07) is 2.92. The summed E-state index contributed by atoms with van der Waals surface area (Å²) < 4.78 is 25.4. The van der Waals surface area contributed by atoms with Gasteiger partial charge < -0.3 is 11.1 Å². The number of carbonyl (C=O) groups is 1. The van der Waals surface area contributed by atoms with Gasteiger partial charge in [0.15, 0.2) is 11.6 Å². The molecule has 0 aliphatic carbocycles. The molecule has 0 saturated heterocycles. The Labute approximate surface area is 92.6 Å². The summed E-state index contributed by atoms with van der Waals surface area (Å²) in [7, 11) is 0. The Morgan fingerprint density at radius 2 is 2.12 bits per heavy atom. The topological polar surface area (TPSA) is 55.1 Å². The molecule has 3 N–H and O–H groups in total. The Bertz CT molecular complexity index is 382. The predicted molar refractivity (Wildman–Crippen MR) is 56.5 cm³/mol. The van der Waals surface area contributed by atoms with E-state index in [0.717, 1.165) is 12.1 Å². The number of benzene rings is 1. The Kier molecular flexibility index (Phi) is 4.37. The van der Waals surface area contributed by atoms with Crippen molar-refractivity contribution in [2.45, 2.75) is 25.9 Å². The molecule has 1 aromatic rings. The van der Waals surface area contributed by atoms with Crippen LogP contribution in [-0.4, -0.2) is 11.9 Å². The first-order chi connectivity index (χ1) is 7.54. The van der Waals surface area contributed by atoms with Crippen LogP contribution in [0.15, 0.2) is 18.2 Å². The van der Waals surface area contributed by atoms with E-state index >= 15 is 0 Å². The van der Waals surface area contributed by atoms with E-state index in [-0.39, 0.29) is 12.5 Å². The molecular weight excluding hydrogens is 214 g/mol. The van der Waals surface area contributed by atoms with Crippen molar-refractivity contribution in [2.75, 3.05) is 0 Å². The predicted octanol–water partition coefficient (Wildman–Crippen LogP) is 1.32. The minimum Gasteiger partial charge on any atom is -0.351 e. The van der Waals surface area contributed by atoms with E-state index in [1.807, 2.05) is 0 Å². The van der Waals surface area contributed by atoms with Crippen LogP contribution in [0.25, 0.3) is 0 Å². The third-order valence-electron chi connectivity index (χ3n) is 2.23. The molecule has 0 heterocycles. The van der Waals surface area contributed by atoms with Crippen LogP contribution in [0.2, 0.25) is 0 Å². The second-order valence-corrected chi connectivity index (χ2v) is 3.48. The van der Waals surface area contributed by atoms with E-state index in [4.69, 9.17) is 5.73 Å². The van der Waals surface area contributed by atoms with Crippen molar-refractivity contribution in [3.8, 4) is 0 Å². The molecule has 88 valence electrons. The van der Waals surface area contributed by atoms with Crippen LogP contribution in [0.4, 0.5) is 8.78 Å². The average Bonchev–Trinajstić information content (AvgIpc) is 2.29. The Morgan fingerprint density at radius 3 is 2.69 bits per heavy atom. The molecule has 5 heteroatoms. The summed E-state index contributed by atoms with van der Waals surface area (Å²) in [6.45, 7) is 1.94. The van der Waals surface area contributed by atoms with Gasteiger partial charge in [-0.2, -0.15) is 0 Å². The van der Waals surface area contributed by atoms with Crippen molar-refractivity contribution < 1.29 is 13.6 Å². The fraction of sp³-hybridized carbons (Fsp3) is 0.364. The highest BCUT2D eigenvalue weighted by Crippen LogP contribution is 2.08. The molecule has 1 unspecified atom stereocenters. The standard InChI is InChI=1S/C11H14F2N2O/c1-2-10(14)11(16)15-6-7-3-4-8(12)9(13)5-7/h3-5,10H,2,6,14H2,1H3,(H,15,16). The number of hydrogen-bond donors (Lipinski definition) is 2. The first-order valence-corrected chi connectivity index (χ1v) is 5.01. The first-order valence-electron chi connectivity index (χ1n) is 5.01. The number of carbonyl (C=O) groups excluding carboxylic acids is 1. The van der Waals surface area contributed by atoms with Crippen molar-refractivity contribution in [1.82, 2.24) is 5.32 Å². The quantitative estimate of drug-likeness (QED) is 0.816. The Hall–Kier alpha value is -1.49. The van der Waals surface area contributed by atoms with Crippen LogP contribution in [-0.2, 0) is 11.3 Å². The minimum absolute atomic E-state index is 0.143. The SMILES string of the molecule is CCC(N)C(=O)NCc1ccc(F)c(F)c1. The molecule has 1 atom stereocenters. The Balaban J connectivity index is 2.55. The molecule has 1 rings (SSSR count). The Morgan fingerprint density at radius 1 is 1.44 bits per heavy atom. The third kappa shape index (κ3) is 3.27. The molecule has 3 nitrogen and oxygen atoms in total. The van der Waals surface area contributed by atoms with E-state index in [1.165, 1.54) is 6.07 Å². The summed E-state index contributed by atoms with van der Waals surface area (Å²) in [6.07, 6.45) is 0.531. The molecule has 16 heavy (non-hydrogen) atoms. The number of hydrogen-bond acceptors (Lipinski definition) is 2. The summed E-state index contributed by atoms with van der Waals surface area (Å²) >= 11 is 0. The number of amides is 1. The third-order valence-corrected chi connectivity index (χ3v) is 2.23. The van der Waals surface area contributed by atoms with Crippen molar-refractivity contribution in [1.29, 1.82) is 0 Å². The second kappa shape index (κ2) is 5.55. The monoisotopic (exact) mass is 228 g/mol. The lowest BCUT2D eigenvalue weighted by molar-refractivity contribution is -0.122. The van der Waals surface area contributed by atoms with Crippen LogP contribution in [0, 0.1) is 11.6 Å². The second-order valence-electron chi connectivity index (χ2n) is 3.48. The normalized spacial score (nSPS) is 12.2. The van der Waals surface area contributed by atoms with Gasteiger partial charge >= 0.3 is 0 Å². The molecule has 0 spiro atoms. The lowest BCUT2D eigenvalue weighted by atomic mass is 10.2. The van der Waals surface area contributed by atoms with E-state index in [2.05, 4.69) is 5.32 Å². The molecule has 0 fully saturated rings. The van der Waals surface area contributed by atoms with Gasteiger partial charge in [0.2, 0.25) is 5.91 Å². The van der Waals surface area contributed by atoms with E-state index in [9.17, 15) is 13.6 Å².